The Morgan fingerprint density at radius 2 is 1.93 bits per heavy atom. The van der Waals surface area contributed by atoms with Crippen molar-refractivity contribution in [2.75, 3.05) is 23.7 Å². The number of nitrogens with two attached hydrogens (primary N) is 1. The number of anilines is 2. The molecular formula is C10H12BrFN2. The first-order valence-electron chi connectivity index (χ1n) is 4.68. The Morgan fingerprint density at radius 3 is 2.57 bits per heavy atom. The van der Waals surface area contributed by atoms with Crippen molar-refractivity contribution in [3.05, 3.63) is 22.4 Å². The van der Waals surface area contributed by atoms with E-state index in [-0.39, 0.29) is 5.82 Å². The lowest BCUT2D eigenvalue weighted by atomic mass is 10.2. The van der Waals surface area contributed by atoms with Crippen molar-refractivity contribution < 1.29 is 4.39 Å². The van der Waals surface area contributed by atoms with Gasteiger partial charge in [-0.15, -0.1) is 0 Å². The third-order valence-electron chi connectivity index (χ3n) is 2.52. The predicted molar refractivity (Wildman–Crippen MR) is 60.0 cm³/mol. The van der Waals surface area contributed by atoms with E-state index in [1.54, 1.807) is 6.07 Å². The Labute approximate surface area is 91.0 Å². The maximum Gasteiger partial charge on any atom is 0.139 e. The molecule has 76 valence electrons. The van der Waals surface area contributed by atoms with Crippen molar-refractivity contribution in [3.63, 3.8) is 0 Å². The minimum atomic E-state index is -0.249. The second-order valence-electron chi connectivity index (χ2n) is 3.52. The van der Waals surface area contributed by atoms with Crippen LogP contribution in [0.3, 0.4) is 0 Å². The lowest BCUT2D eigenvalue weighted by Gasteiger charge is -2.19. The molecular weight excluding hydrogens is 247 g/mol. The molecule has 1 fully saturated rings. The van der Waals surface area contributed by atoms with Crippen molar-refractivity contribution in [3.8, 4) is 0 Å². The third kappa shape index (κ3) is 1.71. The summed E-state index contributed by atoms with van der Waals surface area (Å²) in [7, 11) is 0. The molecule has 0 bridgehead atoms. The molecule has 4 heteroatoms. The summed E-state index contributed by atoms with van der Waals surface area (Å²) in [5.74, 6) is -0.249. The van der Waals surface area contributed by atoms with E-state index < -0.39 is 0 Å². The summed E-state index contributed by atoms with van der Waals surface area (Å²) in [6, 6.07) is 3.13. The maximum atomic E-state index is 13.3. The van der Waals surface area contributed by atoms with Crippen LogP contribution in [0.2, 0.25) is 0 Å². The lowest BCUT2D eigenvalue weighted by Crippen LogP contribution is -2.19. The van der Waals surface area contributed by atoms with Gasteiger partial charge in [0.15, 0.2) is 0 Å². The van der Waals surface area contributed by atoms with Gasteiger partial charge in [-0.2, -0.15) is 0 Å². The second kappa shape index (κ2) is 3.77. The first-order chi connectivity index (χ1) is 6.68. The Morgan fingerprint density at radius 1 is 1.29 bits per heavy atom. The number of benzene rings is 1. The maximum absolute atomic E-state index is 13.3. The Kier molecular flexibility index (Phi) is 2.63. The fourth-order valence-electron chi connectivity index (χ4n) is 1.78. The molecule has 2 rings (SSSR count). The molecule has 14 heavy (non-hydrogen) atoms. The van der Waals surface area contributed by atoms with Gasteiger partial charge in [0.2, 0.25) is 0 Å². The predicted octanol–water partition coefficient (Wildman–Crippen LogP) is 2.77. The van der Waals surface area contributed by atoms with Gasteiger partial charge in [-0.1, -0.05) is 0 Å². The minimum Gasteiger partial charge on any atom is -0.397 e. The molecule has 2 nitrogen and oxygen atoms in total. The van der Waals surface area contributed by atoms with E-state index >= 15 is 0 Å². The van der Waals surface area contributed by atoms with Crippen molar-refractivity contribution in [2.24, 2.45) is 0 Å². The van der Waals surface area contributed by atoms with Crippen molar-refractivity contribution in [2.45, 2.75) is 12.8 Å². The molecule has 1 aromatic rings. The summed E-state index contributed by atoms with van der Waals surface area (Å²) in [6.07, 6.45) is 2.33. The highest BCUT2D eigenvalue weighted by molar-refractivity contribution is 9.10. The molecule has 1 aliphatic heterocycles. The number of hydrogen-bond acceptors (Lipinski definition) is 2. The molecule has 1 saturated heterocycles. The Bertz CT molecular complexity index is 348. The zero-order valence-electron chi connectivity index (χ0n) is 7.76. The number of nitrogens with zero attached hydrogens (tertiary/aromatic N) is 1. The molecule has 0 aliphatic carbocycles. The SMILES string of the molecule is Nc1cc(Br)c(F)cc1N1CCCC1. The summed E-state index contributed by atoms with van der Waals surface area (Å²) in [4.78, 5) is 2.13. The van der Waals surface area contributed by atoms with Crippen LogP contribution >= 0.6 is 15.9 Å². The van der Waals surface area contributed by atoms with E-state index in [1.165, 1.54) is 6.07 Å². The minimum absolute atomic E-state index is 0.249. The summed E-state index contributed by atoms with van der Waals surface area (Å²) >= 11 is 3.12. The van der Waals surface area contributed by atoms with Gasteiger partial charge < -0.3 is 10.6 Å². The van der Waals surface area contributed by atoms with Crippen LogP contribution in [0, 0.1) is 5.82 Å². The van der Waals surface area contributed by atoms with Gasteiger partial charge in [-0.05, 0) is 34.8 Å². The number of halogens is 2. The van der Waals surface area contributed by atoms with Crippen LogP contribution in [0.4, 0.5) is 15.8 Å². The third-order valence-corrected chi connectivity index (χ3v) is 3.12. The van der Waals surface area contributed by atoms with Gasteiger partial charge in [0.05, 0.1) is 15.8 Å². The number of rotatable bonds is 1. The highest BCUT2D eigenvalue weighted by Crippen LogP contribution is 2.31. The topological polar surface area (TPSA) is 29.3 Å². The van der Waals surface area contributed by atoms with E-state index in [1.807, 2.05) is 0 Å². The lowest BCUT2D eigenvalue weighted by molar-refractivity contribution is 0.621. The van der Waals surface area contributed by atoms with Gasteiger partial charge >= 0.3 is 0 Å². The van der Waals surface area contributed by atoms with Crippen LogP contribution in [0.15, 0.2) is 16.6 Å². The van der Waals surface area contributed by atoms with Crippen LogP contribution in [-0.2, 0) is 0 Å². The van der Waals surface area contributed by atoms with E-state index in [4.69, 9.17) is 5.73 Å². The van der Waals surface area contributed by atoms with Crippen LogP contribution in [-0.4, -0.2) is 13.1 Å². The van der Waals surface area contributed by atoms with Crippen molar-refractivity contribution >= 4 is 27.3 Å². The van der Waals surface area contributed by atoms with E-state index in [0.717, 1.165) is 31.6 Å². The van der Waals surface area contributed by atoms with Crippen LogP contribution in [0.5, 0.6) is 0 Å². The average molecular weight is 259 g/mol. The van der Waals surface area contributed by atoms with E-state index in [0.29, 0.717) is 10.2 Å². The largest absolute Gasteiger partial charge is 0.397 e. The quantitative estimate of drug-likeness (QED) is 0.786. The smallest absolute Gasteiger partial charge is 0.139 e. The first-order valence-corrected chi connectivity index (χ1v) is 5.47. The van der Waals surface area contributed by atoms with Crippen LogP contribution in [0.1, 0.15) is 12.8 Å². The number of hydrogen-bond donors (Lipinski definition) is 1. The molecule has 0 amide bonds. The molecule has 0 aromatic heterocycles. The normalized spacial score (nSPS) is 16.3. The summed E-state index contributed by atoms with van der Waals surface area (Å²) in [5, 5.41) is 0. The molecule has 1 aromatic carbocycles. The van der Waals surface area contributed by atoms with Crippen LogP contribution < -0.4 is 10.6 Å². The zero-order valence-corrected chi connectivity index (χ0v) is 9.35. The molecule has 0 atom stereocenters. The molecule has 0 spiro atoms. The molecule has 0 radical (unpaired) electrons. The van der Waals surface area contributed by atoms with Gasteiger partial charge in [0.25, 0.3) is 0 Å². The fraction of sp³-hybridized carbons (Fsp3) is 0.400. The van der Waals surface area contributed by atoms with E-state index in [2.05, 4.69) is 20.8 Å². The average Bonchev–Trinajstić information content (AvgIpc) is 2.64. The molecule has 2 N–H and O–H groups in total. The van der Waals surface area contributed by atoms with Crippen molar-refractivity contribution in [1.29, 1.82) is 0 Å². The highest BCUT2D eigenvalue weighted by Gasteiger charge is 2.16. The zero-order chi connectivity index (χ0) is 10.1. The highest BCUT2D eigenvalue weighted by atomic mass is 79.9. The molecule has 1 heterocycles. The fourth-order valence-corrected chi connectivity index (χ4v) is 2.14. The van der Waals surface area contributed by atoms with Crippen molar-refractivity contribution in [1.82, 2.24) is 0 Å². The summed E-state index contributed by atoms with van der Waals surface area (Å²) < 4.78 is 13.7. The first kappa shape index (κ1) is 9.77. The molecule has 1 aliphatic rings. The standard InChI is InChI=1S/C10H12BrFN2/c11-7-5-9(13)10(6-8(7)12)14-3-1-2-4-14/h5-6H,1-4,13H2. The Hall–Kier alpha value is -0.770. The monoisotopic (exact) mass is 258 g/mol. The van der Waals surface area contributed by atoms with Crippen LogP contribution in [0.25, 0.3) is 0 Å². The van der Waals surface area contributed by atoms with Gasteiger partial charge in [0, 0.05) is 19.2 Å². The second-order valence-corrected chi connectivity index (χ2v) is 4.37. The van der Waals surface area contributed by atoms with E-state index in [9.17, 15) is 4.39 Å². The molecule has 0 saturated carbocycles. The van der Waals surface area contributed by atoms with Gasteiger partial charge in [0.1, 0.15) is 5.82 Å². The molecule has 0 unspecified atom stereocenters. The Balaban J connectivity index is 2.37. The summed E-state index contributed by atoms with van der Waals surface area (Å²) in [6.45, 7) is 1.95. The van der Waals surface area contributed by atoms with Gasteiger partial charge in [-0.25, -0.2) is 4.39 Å². The van der Waals surface area contributed by atoms with Gasteiger partial charge in [-0.3, -0.25) is 0 Å². The number of nitrogen functional groups attached to an aromatic ring is 1. The summed E-state index contributed by atoms with van der Waals surface area (Å²) in [5.41, 5.74) is 7.29.